The lowest BCUT2D eigenvalue weighted by Gasteiger charge is -2.43. The van der Waals surface area contributed by atoms with E-state index in [9.17, 15) is 9.59 Å². The Bertz CT molecular complexity index is 967. The number of hydrogen-bond acceptors (Lipinski definition) is 6. The van der Waals surface area contributed by atoms with E-state index >= 15 is 0 Å². The van der Waals surface area contributed by atoms with E-state index in [0.717, 1.165) is 61.0 Å². The third-order valence-electron chi connectivity index (χ3n) is 6.54. The molecule has 1 unspecified atom stereocenters. The van der Waals surface area contributed by atoms with Gasteiger partial charge in [0.2, 0.25) is 5.91 Å². The molecule has 0 bridgehead atoms. The monoisotopic (exact) mass is 486 g/mol. The van der Waals surface area contributed by atoms with Gasteiger partial charge in [-0.2, -0.15) is 0 Å². The molecule has 178 valence electrons. The Morgan fingerprint density at radius 2 is 1.91 bits per heavy atom. The molecule has 4 rings (SSSR count). The van der Waals surface area contributed by atoms with Crippen molar-refractivity contribution >= 4 is 44.2 Å². The molecule has 0 radical (unpaired) electrons. The van der Waals surface area contributed by atoms with E-state index in [4.69, 9.17) is 5.73 Å². The van der Waals surface area contributed by atoms with Crippen molar-refractivity contribution in [1.82, 2.24) is 15.1 Å². The molecule has 8 heteroatoms. The fraction of sp³-hybridized carbons (Fsp3) is 0.520. The van der Waals surface area contributed by atoms with Crippen LogP contribution in [0.5, 0.6) is 0 Å². The quantitative estimate of drug-likeness (QED) is 0.610. The highest BCUT2D eigenvalue weighted by atomic mass is 33.1. The van der Waals surface area contributed by atoms with Crippen molar-refractivity contribution in [2.75, 3.05) is 37.7 Å². The molecule has 2 aliphatic heterocycles. The predicted molar refractivity (Wildman–Crippen MR) is 140 cm³/mol. The summed E-state index contributed by atoms with van der Waals surface area (Å²) in [6.07, 6.45) is 3.31. The van der Waals surface area contributed by atoms with Gasteiger partial charge in [0, 0.05) is 49.3 Å². The summed E-state index contributed by atoms with van der Waals surface area (Å²) in [4.78, 5) is 30.4. The molecular weight excluding hydrogens is 452 g/mol. The van der Waals surface area contributed by atoms with Crippen molar-refractivity contribution in [3.63, 3.8) is 0 Å². The summed E-state index contributed by atoms with van der Waals surface area (Å²) < 4.78 is 0. The van der Waals surface area contributed by atoms with Gasteiger partial charge in [0.1, 0.15) is 0 Å². The van der Waals surface area contributed by atoms with Crippen LogP contribution >= 0.6 is 21.6 Å². The van der Waals surface area contributed by atoms with Gasteiger partial charge in [-0.1, -0.05) is 77.8 Å². The maximum absolute atomic E-state index is 13.5. The summed E-state index contributed by atoms with van der Waals surface area (Å²) in [6, 6.07) is 14.0. The van der Waals surface area contributed by atoms with Crippen LogP contribution in [-0.4, -0.2) is 77.4 Å². The molecule has 2 aromatic carbocycles. The Kier molecular flexibility index (Phi) is 8.57. The first kappa shape index (κ1) is 24.4. The van der Waals surface area contributed by atoms with E-state index in [-0.39, 0.29) is 17.9 Å². The van der Waals surface area contributed by atoms with Gasteiger partial charge in [0.05, 0.1) is 12.1 Å². The molecule has 2 amide bonds. The van der Waals surface area contributed by atoms with Crippen molar-refractivity contribution in [3.8, 4) is 0 Å². The number of fused-ring (bicyclic) bond motifs is 1. The lowest BCUT2D eigenvalue weighted by Crippen LogP contribution is -2.59. The summed E-state index contributed by atoms with van der Waals surface area (Å²) in [7, 11) is 3.47. The summed E-state index contributed by atoms with van der Waals surface area (Å²) in [5.41, 5.74) is 6.76. The van der Waals surface area contributed by atoms with E-state index < -0.39 is 6.04 Å². The molecule has 2 aromatic rings. The summed E-state index contributed by atoms with van der Waals surface area (Å²) in [6.45, 7) is 5.26. The fourth-order valence-corrected chi connectivity index (χ4v) is 7.03. The van der Waals surface area contributed by atoms with Crippen molar-refractivity contribution in [3.05, 3.63) is 48.0 Å². The molecule has 3 atom stereocenters. The van der Waals surface area contributed by atoms with Crippen LogP contribution in [0.2, 0.25) is 0 Å². The molecule has 0 spiro atoms. The molecule has 0 saturated carbocycles. The average Bonchev–Trinajstić information content (AvgIpc) is 2.84. The molecule has 33 heavy (non-hydrogen) atoms. The third-order valence-corrected chi connectivity index (χ3v) is 9.06. The van der Waals surface area contributed by atoms with Crippen molar-refractivity contribution in [2.24, 2.45) is 5.73 Å². The van der Waals surface area contributed by atoms with Crippen LogP contribution in [-0.2, 0) is 4.79 Å². The van der Waals surface area contributed by atoms with Gasteiger partial charge in [-0.25, -0.2) is 0 Å². The minimum Gasteiger partial charge on any atom is -0.350 e. The number of piperazine rings is 1. The van der Waals surface area contributed by atoms with Crippen molar-refractivity contribution < 1.29 is 9.59 Å². The van der Waals surface area contributed by atoms with Crippen LogP contribution in [0.1, 0.15) is 36.5 Å². The van der Waals surface area contributed by atoms with Gasteiger partial charge >= 0.3 is 0 Å². The predicted octanol–water partition coefficient (Wildman–Crippen LogP) is 3.36. The molecule has 2 aliphatic rings. The van der Waals surface area contributed by atoms with Crippen molar-refractivity contribution in [2.45, 2.75) is 44.3 Å². The van der Waals surface area contributed by atoms with Gasteiger partial charge in [0.15, 0.2) is 0 Å². The number of carbonyl (C=O) groups excluding carboxylic acids is 2. The van der Waals surface area contributed by atoms with Crippen LogP contribution in [0.3, 0.4) is 0 Å². The summed E-state index contributed by atoms with van der Waals surface area (Å²) in [5.74, 6) is 1.59. The van der Waals surface area contributed by atoms with E-state index in [1.54, 1.807) is 21.6 Å². The lowest BCUT2D eigenvalue weighted by atomic mass is 10.0. The Labute approximate surface area is 204 Å². The van der Waals surface area contributed by atoms with Crippen molar-refractivity contribution in [1.29, 1.82) is 0 Å². The standard InChI is InChI=1S/C25H34N4O2S2/c1-2-3-9-20-15-29(25(31)22-11-6-8-18-7-4-5-10-21(18)22)13-12-28(20)14-19-16-32-33-17-23(26)24(30)27-19/h4-8,10-11,19-20,23H,2-3,9,12-17,26H2,1H3,(H,27,30)/t19-,20?,23+/m1/s1. The molecule has 2 heterocycles. The number of nitrogens with one attached hydrogen (secondary N) is 1. The van der Waals surface area contributed by atoms with E-state index in [2.05, 4.69) is 29.3 Å². The van der Waals surface area contributed by atoms with Gasteiger partial charge in [0.25, 0.3) is 5.91 Å². The van der Waals surface area contributed by atoms with Gasteiger partial charge in [-0.05, 0) is 23.3 Å². The van der Waals surface area contributed by atoms with Gasteiger partial charge in [-0.15, -0.1) is 0 Å². The van der Waals surface area contributed by atoms with Crippen LogP contribution in [0.15, 0.2) is 42.5 Å². The van der Waals surface area contributed by atoms with E-state index in [1.807, 2.05) is 35.2 Å². The SMILES string of the molecule is CCCCC1CN(C(=O)c2cccc3ccccc23)CCN1C[C@@H]1CSSC[C@H](N)C(=O)N1. The number of unbranched alkanes of at least 4 members (excludes halogenated alkanes) is 1. The number of amides is 2. The molecule has 3 N–H and O–H groups in total. The highest BCUT2D eigenvalue weighted by Gasteiger charge is 2.32. The average molecular weight is 487 g/mol. The molecule has 2 fully saturated rings. The Balaban J connectivity index is 1.46. The number of carbonyl (C=O) groups is 2. The van der Waals surface area contributed by atoms with E-state index in [1.165, 1.54) is 0 Å². The largest absolute Gasteiger partial charge is 0.350 e. The maximum atomic E-state index is 13.5. The number of rotatable bonds is 6. The Hall–Kier alpha value is -1.74. The molecule has 6 nitrogen and oxygen atoms in total. The number of nitrogens with zero attached hydrogens (tertiary/aromatic N) is 2. The second kappa shape index (κ2) is 11.6. The maximum Gasteiger partial charge on any atom is 0.254 e. The van der Waals surface area contributed by atoms with Crippen LogP contribution in [0, 0.1) is 0 Å². The minimum atomic E-state index is -0.448. The lowest BCUT2D eigenvalue weighted by molar-refractivity contribution is -0.122. The van der Waals surface area contributed by atoms with Gasteiger partial charge in [-0.3, -0.25) is 14.5 Å². The number of hydrogen-bond donors (Lipinski definition) is 2. The zero-order chi connectivity index (χ0) is 23.2. The second-order valence-corrected chi connectivity index (χ2v) is 11.5. The highest BCUT2D eigenvalue weighted by Crippen LogP contribution is 2.26. The number of nitrogens with two attached hydrogens (primary N) is 1. The first-order valence-corrected chi connectivity index (χ1v) is 14.4. The summed E-state index contributed by atoms with van der Waals surface area (Å²) >= 11 is 0. The Morgan fingerprint density at radius 3 is 2.76 bits per heavy atom. The molecular formula is C25H34N4O2S2. The van der Waals surface area contributed by atoms with E-state index in [0.29, 0.717) is 18.3 Å². The van der Waals surface area contributed by atoms with Crippen LogP contribution < -0.4 is 11.1 Å². The zero-order valence-electron chi connectivity index (χ0n) is 19.2. The van der Waals surface area contributed by atoms with Gasteiger partial charge < -0.3 is 16.0 Å². The van der Waals surface area contributed by atoms with Crippen LogP contribution in [0.4, 0.5) is 0 Å². The summed E-state index contributed by atoms with van der Waals surface area (Å²) in [5, 5.41) is 5.26. The topological polar surface area (TPSA) is 78.7 Å². The Morgan fingerprint density at radius 1 is 1.12 bits per heavy atom. The normalized spacial score (nSPS) is 24.8. The zero-order valence-corrected chi connectivity index (χ0v) is 20.9. The minimum absolute atomic E-state index is 0.0531. The number of benzene rings is 2. The first-order chi connectivity index (χ1) is 16.1. The molecule has 0 aromatic heterocycles. The van der Waals surface area contributed by atoms with Crippen LogP contribution in [0.25, 0.3) is 10.8 Å². The fourth-order valence-electron chi connectivity index (χ4n) is 4.67. The highest BCUT2D eigenvalue weighted by molar-refractivity contribution is 8.76. The second-order valence-electron chi connectivity index (χ2n) is 8.95. The molecule has 0 aliphatic carbocycles. The smallest absolute Gasteiger partial charge is 0.254 e. The first-order valence-electron chi connectivity index (χ1n) is 11.9. The molecule has 2 saturated heterocycles. The third kappa shape index (κ3) is 6.04.